The Kier molecular flexibility index (Phi) is 6.26. The highest BCUT2D eigenvalue weighted by Crippen LogP contribution is 2.22. The van der Waals surface area contributed by atoms with E-state index in [1.807, 2.05) is 0 Å². The van der Waals surface area contributed by atoms with Crippen LogP contribution in [0.25, 0.3) is 0 Å². The summed E-state index contributed by atoms with van der Waals surface area (Å²) in [6.45, 7) is 7.19. The molecule has 0 aliphatic heterocycles. The largest absolute Gasteiger partial charge is 0.354 e. The highest BCUT2D eigenvalue weighted by atomic mass is 32.2. The Morgan fingerprint density at radius 2 is 2.24 bits per heavy atom. The summed E-state index contributed by atoms with van der Waals surface area (Å²) < 4.78 is 13.4. The maximum atomic E-state index is 13.4. The van der Waals surface area contributed by atoms with E-state index in [1.165, 1.54) is 18.0 Å². The van der Waals surface area contributed by atoms with Gasteiger partial charge in [-0.05, 0) is 24.5 Å². The summed E-state index contributed by atoms with van der Waals surface area (Å²) in [5, 5.41) is 3.50. The molecular formula is C12H20FN3S. The van der Waals surface area contributed by atoms with Crippen LogP contribution in [0.1, 0.15) is 33.6 Å². The third kappa shape index (κ3) is 5.35. The van der Waals surface area contributed by atoms with E-state index in [4.69, 9.17) is 0 Å². The minimum Gasteiger partial charge on any atom is -0.354 e. The Labute approximate surface area is 107 Å². The first-order chi connectivity index (χ1) is 8.13. The molecule has 1 N–H and O–H groups in total. The zero-order valence-corrected chi connectivity index (χ0v) is 11.5. The van der Waals surface area contributed by atoms with Crippen LogP contribution in [-0.2, 0) is 0 Å². The van der Waals surface area contributed by atoms with Crippen LogP contribution in [0, 0.1) is 11.7 Å². The fraction of sp³-hybridized carbons (Fsp3) is 0.667. The average Bonchev–Trinajstić information content (AvgIpc) is 2.29. The zero-order chi connectivity index (χ0) is 12.7. The van der Waals surface area contributed by atoms with Gasteiger partial charge in [-0.25, -0.2) is 14.4 Å². The maximum Gasteiger partial charge on any atom is 0.223 e. The summed E-state index contributed by atoms with van der Waals surface area (Å²) in [7, 11) is 0. The SMILES string of the molecule is CCCNc1ncc(F)c(SCCC(C)C)n1. The van der Waals surface area contributed by atoms with Gasteiger partial charge in [0.2, 0.25) is 5.95 Å². The molecule has 1 heterocycles. The van der Waals surface area contributed by atoms with Crippen LogP contribution in [0.15, 0.2) is 11.2 Å². The Hall–Kier alpha value is -0.840. The van der Waals surface area contributed by atoms with E-state index < -0.39 is 0 Å². The first kappa shape index (κ1) is 14.2. The minimum absolute atomic E-state index is 0.333. The van der Waals surface area contributed by atoms with E-state index in [9.17, 15) is 4.39 Å². The first-order valence-electron chi connectivity index (χ1n) is 6.02. The minimum atomic E-state index is -0.333. The lowest BCUT2D eigenvalue weighted by Crippen LogP contribution is -2.05. The second-order valence-electron chi connectivity index (χ2n) is 4.30. The molecule has 5 heteroatoms. The Bertz CT molecular complexity index is 345. The zero-order valence-electron chi connectivity index (χ0n) is 10.7. The molecule has 0 aromatic carbocycles. The van der Waals surface area contributed by atoms with Crippen LogP contribution in [-0.4, -0.2) is 22.3 Å². The molecular weight excluding hydrogens is 237 g/mol. The summed E-state index contributed by atoms with van der Waals surface area (Å²) in [4.78, 5) is 8.08. The van der Waals surface area contributed by atoms with Crippen molar-refractivity contribution in [3.63, 3.8) is 0 Å². The van der Waals surface area contributed by atoms with Crippen molar-refractivity contribution in [3.8, 4) is 0 Å². The molecule has 0 amide bonds. The van der Waals surface area contributed by atoms with E-state index in [1.54, 1.807) is 0 Å². The lowest BCUT2D eigenvalue weighted by atomic mass is 10.2. The molecule has 0 aliphatic carbocycles. The summed E-state index contributed by atoms with van der Waals surface area (Å²) in [6.07, 6.45) is 3.30. The quantitative estimate of drug-likeness (QED) is 0.598. The maximum absolute atomic E-state index is 13.4. The van der Waals surface area contributed by atoms with E-state index >= 15 is 0 Å². The predicted molar refractivity (Wildman–Crippen MR) is 70.9 cm³/mol. The molecule has 17 heavy (non-hydrogen) atoms. The van der Waals surface area contributed by atoms with Crippen molar-refractivity contribution in [2.24, 2.45) is 5.92 Å². The summed E-state index contributed by atoms with van der Waals surface area (Å²) >= 11 is 1.46. The Morgan fingerprint density at radius 1 is 1.47 bits per heavy atom. The lowest BCUT2D eigenvalue weighted by Gasteiger charge is -2.07. The molecule has 1 aromatic heterocycles. The number of rotatable bonds is 7. The third-order valence-corrected chi connectivity index (χ3v) is 3.18. The Morgan fingerprint density at radius 3 is 2.88 bits per heavy atom. The standard InChI is InChI=1S/C12H20FN3S/c1-4-6-14-12-15-8-10(13)11(16-12)17-7-5-9(2)3/h8-9H,4-7H2,1-3H3,(H,14,15,16). The lowest BCUT2D eigenvalue weighted by molar-refractivity contribution is 0.578. The van der Waals surface area contributed by atoms with Gasteiger partial charge in [-0.15, -0.1) is 11.8 Å². The van der Waals surface area contributed by atoms with Crippen LogP contribution in [0.4, 0.5) is 10.3 Å². The van der Waals surface area contributed by atoms with Crippen molar-refractivity contribution in [1.29, 1.82) is 0 Å². The molecule has 0 bridgehead atoms. The molecule has 0 saturated carbocycles. The molecule has 0 saturated heterocycles. The van der Waals surface area contributed by atoms with Crippen molar-refractivity contribution in [2.45, 2.75) is 38.6 Å². The number of hydrogen-bond acceptors (Lipinski definition) is 4. The monoisotopic (exact) mass is 257 g/mol. The van der Waals surface area contributed by atoms with Crippen LogP contribution < -0.4 is 5.32 Å². The fourth-order valence-corrected chi connectivity index (χ4v) is 2.29. The van der Waals surface area contributed by atoms with Gasteiger partial charge in [-0.1, -0.05) is 20.8 Å². The van der Waals surface area contributed by atoms with E-state index in [0.717, 1.165) is 25.1 Å². The predicted octanol–water partition coefficient (Wildman–Crippen LogP) is 3.58. The first-order valence-corrected chi connectivity index (χ1v) is 7.01. The van der Waals surface area contributed by atoms with Gasteiger partial charge >= 0.3 is 0 Å². The molecule has 3 nitrogen and oxygen atoms in total. The number of nitrogens with zero attached hydrogens (tertiary/aromatic N) is 2. The van der Waals surface area contributed by atoms with Gasteiger partial charge in [0.1, 0.15) is 5.03 Å². The van der Waals surface area contributed by atoms with Crippen molar-refractivity contribution in [3.05, 3.63) is 12.0 Å². The molecule has 0 atom stereocenters. The number of hydrogen-bond donors (Lipinski definition) is 1. The molecule has 0 radical (unpaired) electrons. The second-order valence-corrected chi connectivity index (χ2v) is 5.39. The van der Waals surface area contributed by atoms with Crippen molar-refractivity contribution in [1.82, 2.24) is 9.97 Å². The van der Waals surface area contributed by atoms with Crippen molar-refractivity contribution in [2.75, 3.05) is 17.6 Å². The topological polar surface area (TPSA) is 37.8 Å². The number of halogens is 1. The van der Waals surface area contributed by atoms with E-state index in [2.05, 4.69) is 36.1 Å². The molecule has 1 aromatic rings. The smallest absolute Gasteiger partial charge is 0.223 e. The summed E-state index contributed by atoms with van der Waals surface area (Å²) in [5.41, 5.74) is 0. The van der Waals surface area contributed by atoms with Gasteiger partial charge in [-0.3, -0.25) is 0 Å². The van der Waals surface area contributed by atoms with Crippen LogP contribution in [0.3, 0.4) is 0 Å². The average molecular weight is 257 g/mol. The van der Waals surface area contributed by atoms with Gasteiger partial charge in [0.25, 0.3) is 0 Å². The molecule has 0 unspecified atom stereocenters. The Balaban J connectivity index is 2.56. The third-order valence-electron chi connectivity index (χ3n) is 2.18. The highest BCUT2D eigenvalue weighted by Gasteiger charge is 2.07. The normalized spacial score (nSPS) is 10.9. The summed E-state index contributed by atoms with van der Waals surface area (Å²) in [6, 6.07) is 0. The van der Waals surface area contributed by atoms with Gasteiger partial charge in [0.05, 0.1) is 6.20 Å². The molecule has 0 aliphatic rings. The van der Waals surface area contributed by atoms with Gasteiger partial charge in [0, 0.05) is 6.54 Å². The van der Waals surface area contributed by atoms with E-state index in [0.29, 0.717) is 16.9 Å². The van der Waals surface area contributed by atoms with Crippen molar-refractivity contribution >= 4 is 17.7 Å². The molecule has 0 fully saturated rings. The number of thioether (sulfide) groups is 1. The van der Waals surface area contributed by atoms with Crippen LogP contribution >= 0.6 is 11.8 Å². The number of anilines is 1. The number of nitrogens with one attached hydrogen (secondary N) is 1. The van der Waals surface area contributed by atoms with Gasteiger partial charge < -0.3 is 5.32 Å². The molecule has 1 rings (SSSR count). The molecule has 96 valence electrons. The highest BCUT2D eigenvalue weighted by molar-refractivity contribution is 7.99. The van der Waals surface area contributed by atoms with Gasteiger partial charge in [0.15, 0.2) is 5.82 Å². The van der Waals surface area contributed by atoms with Crippen molar-refractivity contribution < 1.29 is 4.39 Å². The fourth-order valence-electron chi connectivity index (χ4n) is 1.17. The molecule has 0 spiro atoms. The van der Waals surface area contributed by atoms with Crippen LogP contribution in [0.2, 0.25) is 0 Å². The summed E-state index contributed by atoms with van der Waals surface area (Å²) in [5.74, 6) is 1.70. The van der Waals surface area contributed by atoms with Gasteiger partial charge in [-0.2, -0.15) is 0 Å². The number of aromatic nitrogens is 2. The van der Waals surface area contributed by atoms with E-state index in [-0.39, 0.29) is 5.82 Å². The second kappa shape index (κ2) is 7.48. The van der Waals surface area contributed by atoms with Crippen LogP contribution in [0.5, 0.6) is 0 Å².